The molecule has 0 amide bonds. The number of Topliss-reactive ketones (excluding diaryl/α,β-unsaturated/α-hetero) is 1. The maximum Gasteiger partial charge on any atom is 0.162 e. The number of ketones is 1. The van der Waals surface area contributed by atoms with Crippen molar-refractivity contribution in [2.75, 3.05) is 4.90 Å². The number of aryl methyl sites for hydroxylation is 3. The Morgan fingerprint density at radius 2 is 1.70 bits per heavy atom. The highest BCUT2D eigenvalue weighted by molar-refractivity contribution is 6.30. The third-order valence-corrected chi connectivity index (χ3v) is 8.17. The zero-order valence-corrected chi connectivity index (χ0v) is 24.4. The number of benzene rings is 3. The molecule has 2 N–H and O–H groups in total. The summed E-state index contributed by atoms with van der Waals surface area (Å²) in [5.74, 6) is 0.634. The van der Waals surface area contributed by atoms with Gasteiger partial charge in [0.25, 0.3) is 0 Å². The lowest BCUT2D eigenvalue weighted by Gasteiger charge is -2.44. The molecule has 0 fully saturated rings. The number of rotatable bonds is 5. The second-order valence-corrected chi connectivity index (χ2v) is 12.1. The van der Waals surface area contributed by atoms with Crippen molar-refractivity contribution in [3.8, 4) is 11.8 Å². The third kappa shape index (κ3) is 5.12. The molecule has 1 unspecified atom stereocenters. The Morgan fingerprint density at radius 1 is 1.02 bits per heavy atom. The van der Waals surface area contributed by atoms with Crippen molar-refractivity contribution in [3.05, 3.63) is 116 Å². The predicted molar refractivity (Wildman–Crippen MR) is 160 cm³/mol. The molecule has 0 saturated heterocycles. The Balaban J connectivity index is 1.65. The van der Waals surface area contributed by atoms with E-state index in [1.54, 1.807) is 12.1 Å². The van der Waals surface area contributed by atoms with Gasteiger partial charge in [0.15, 0.2) is 5.78 Å². The SMILES string of the molecule is Cc1ccc(OCc2cc(C3C(C#N)=C(N)N(c4ccc(Cl)cc4)C4=C3C(=O)CC(C)(C)C4)c(C)cc2C)cc1. The van der Waals surface area contributed by atoms with E-state index in [9.17, 15) is 10.1 Å². The van der Waals surface area contributed by atoms with E-state index in [-0.39, 0.29) is 11.2 Å². The molecule has 1 aliphatic carbocycles. The minimum Gasteiger partial charge on any atom is -0.489 e. The van der Waals surface area contributed by atoms with E-state index >= 15 is 0 Å². The van der Waals surface area contributed by atoms with E-state index in [2.05, 4.69) is 39.0 Å². The van der Waals surface area contributed by atoms with Gasteiger partial charge in [-0.2, -0.15) is 5.26 Å². The number of carbonyl (C=O) groups excluding carboxylic acids is 1. The molecule has 2 aliphatic rings. The van der Waals surface area contributed by atoms with Crippen molar-refractivity contribution in [3.63, 3.8) is 0 Å². The van der Waals surface area contributed by atoms with Crippen LogP contribution < -0.4 is 15.4 Å². The van der Waals surface area contributed by atoms with Crippen LogP contribution in [0.4, 0.5) is 5.69 Å². The van der Waals surface area contributed by atoms with Gasteiger partial charge >= 0.3 is 0 Å². The Hall–Kier alpha value is -4.01. The molecule has 0 spiro atoms. The van der Waals surface area contributed by atoms with Gasteiger partial charge in [-0.05, 0) is 91.3 Å². The van der Waals surface area contributed by atoms with Crippen LogP contribution in [0.3, 0.4) is 0 Å². The Labute approximate surface area is 241 Å². The van der Waals surface area contributed by atoms with Gasteiger partial charge in [0.2, 0.25) is 0 Å². The smallest absolute Gasteiger partial charge is 0.162 e. The molecule has 40 heavy (non-hydrogen) atoms. The van der Waals surface area contributed by atoms with Gasteiger partial charge in [0.1, 0.15) is 18.2 Å². The number of ether oxygens (including phenoxy) is 1. The fourth-order valence-corrected chi connectivity index (χ4v) is 6.01. The monoisotopic (exact) mass is 551 g/mol. The first-order chi connectivity index (χ1) is 19.0. The van der Waals surface area contributed by atoms with Gasteiger partial charge in [-0.3, -0.25) is 9.69 Å². The van der Waals surface area contributed by atoms with Crippen molar-refractivity contribution in [1.82, 2.24) is 0 Å². The molecule has 1 atom stereocenters. The standard InChI is InChI=1S/C34H34ClN3O2/c1-20-6-12-26(13-7-20)40-19-23-15-27(22(3)14-21(23)2)31-28(18-36)33(37)38(25-10-8-24(35)9-11-25)29-16-34(4,5)17-30(39)32(29)31/h6-15,31H,16-17,19,37H2,1-5H3. The van der Waals surface area contributed by atoms with Crippen LogP contribution in [0.2, 0.25) is 5.02 Å². The molecule has 3 aromatic rings. The van der Waals surface area contributed by atoms with Crippen LogP contribution in [-0.4, -0.2) is 5.78 Å². The molecule has 0 bridgehead atoms. The van der Waals surface area contributed by atoms with E-state index < -0.39 is 5.92 Å². The van der Waals surface area contributed by atoms with Crippen molar-refractivity contribution in [1.29, 1.82) is 5.26 Å². The number of anilines is 1. The number of allylic oxidation sites excluding steroid dienone is 3. The number of nitrogens with zero attached hydrogens (tertiary/aromatic N) is 2. The summed E-state index contributed by atoms with van der Waals surface area (Å²) >= 11 is 6.18. The topological polar surface area (TPSA) is 79.3 Å². The lowest BCUT2D eigenvalue weighted by atomic mass is 9.68. The van der Waals surface area contributed by atoms with E-state index in [0.717, 1.165) is 39.4 Å². The van der Waals surface area contributed by atoms with Crippen LogP contribution in [0.15, 0.2) is 83.3 Å². The average molecular weight is 552 g/mol. The van der Waals surface area contributed by atoms with Crippen LogP contribution in [-0.2, 0) is 11.4 Å². The number of hydrogen-bond donors (Lipinski definition) is 1. The van der Waals surface area contributed by atoms with Crippen molar-refractivity contribution in [2.45, 2.75) is 60.0 Å². The number of nitrogens with two attached hydrogens (primary N) is 1. The summed E-state index contributed by atoms with van der Waals surface area (Å²) in [5.41, 5.74) is 14.4. The fourth-order valence-electron chi connectivity index (χ4n) is 5.88. The predicted octanol–water partition coefficient (Wildman–Crippen LogP) is 7.79. The highest BCUT2D eigenvalue weighted by Crippen LogP contribution is 2.51. The summed E-state index contributed by atoms with van der Waals surface area (Å²) in [4.78, 5) is 15.8. The van der Waals surface area contributed by atoms with Crippen molar-refractivity contribution < 1.29 is 9.53 Å². The fraction of sp³-hybridized carbons (Fsp3) is 0.294. The summed E-state index contributed by atoms with van der Waals surface area (Å²) in [7, 11) is 0. The van der Waals surface area contributed by atoms with E-state index in [1.807, 2.05) is 55.1 Å². The summed E-state index contributed by atoms with van der Waals surface area (Å²) in [5, 5.41) is 11.1. The lowest BCUT2D eigenvalue weighted by molar-refractivity contribution is -0.118. The average Bonchev–Trinajstić information content (AvgIpc) is 2.89. The maximum atomic E-state index is 13.9. The van der Waals surface area contributed by atoms with Crippen LogP contribution in [0.25, 0.3) is 0 Å². The van der Waals surface area contributed by atoms with Gasteiger partial charge in [-0.1, -0.05) is 55.3 Å². The zero-order valence-electron chi connectivity index (χ0n) is 23.6. The van der Waals surface area contributed by atoms with Crippen LogP contribution in [0.5, 0.6) is 5.75 Å². The Kier molecular flexibility index (Phi) is 7.25. The summed E-state index contributed by atoms with van der Waals surface area (Å²) in [6.07, 6.45) is 1.06. The van der Waals surface area contributed by atoms with Gasteiger partial charge in [0, 0.05) is 28.4 Å². The minimum absolute atomic E-state index is 0.0490. The summed E-state index contributed by atoms with van der Waals surface area (Å²) in [6, 6.07) is 21.9. The number of nitriles is 1. The van der Waals surface area contributed by atoms with Crippen LogP contribution in [0, 0.1) is 37.5 Å². The normalized spacial score (nSPS) is 18.5. The second kappa shape index (κ2) is 10.5. The molecule has 204 valence electrons. The second-order valence-electron chi connectivity index (χ2n) is 11.7. The van der Waals surface area contributed by atoms with Crippen molar-refractivity contribution in [2.24, 2.45) is 11.1 Å². The number of halogens is 1. The molecule has 1 heterocycles. The summed E-state index contributed by atoms with van der Waals surface area (Å²) in [6.45, 7) is 10.7. The largest absolute Gasteiger partial charge is 0.489 e. The molecule has 0 saturated carbocycles. The van der Waals surface area contributed by atoms with Crippen LogP contribution >= 0.6 is 11.6 Å². The number of carbonyl (C=O) groups is 1. The molecule has 5 rings (SSSR count). The molecule has 6 heteroatoms. The molecule has 1 aliphatic heterocycles. The van der Waals surface area contributed by atoms with E-state index in [1.165, 1.54) is 5.56 Å². The third-order valence-electron chi connectivity index (χ3n) is 7.92. The van der Waals surface area contributed by atoms with Crippen molar-refractivity contribution >= 4 is 23.1 Å². The zero-order chi connectivity index (χ0) is 28.8. The molecule has 5 nitrogen and oxygen atoms in total. The molecule has 0 radical (unpaired) electrons. The molecule has 0 aromatic heterocycles. The minimum atomic E-state index is -0.550. The van der Waals surface area contributed by atoms with Gasteiger partial charge in [-0.15, -0.1) is 0 Å². The highest BCUT2D eigenvalue weighted by atomic mass is 35.5. The van der Waals surface area contributed by atoms with Gasteiger partial charge < -0.3 is 10.5 Å². The first-order valence-electron chi connectivity index (χ1n) is 13.5. The quantitative estimate of drug-likeness (QED) is 0.350. The Morgan fingerprint density at radius 3 is 2.35 bits per heavy atom. The Bertz CT molecular complexity index is 1590. The van der Waals surface area contributed by atoms with Crippen LogP contribution in [0.1, 0.15) is 60.4 Å². The number of hydrogen-bond acceptors (Lipinski definition) is 5. The molecule has 3 aromatic carbocycles. The maximum absolute atomic E-state index is 13.9. The highest BCUT2D eigenvalue weighted by Gasteiger charge is 2.45. The molecular weight excluding hydrogens is 518 g/mol. The van der Waals surface area contributed by atoms with Gasteiger partial charge in [0.05, 0.1) is 17.6 Å². The first-order valence-corrected chi connectivity index (χ1v) is 13.9. The van der Waals surface area contributed by atoms with E-state index in [4.69, 9.17) is 22.1 Å². The first kappa shape index (κ1) is 27.6. The van der Waals surface area contributed by atoms with E-state index in [0.29, 0.717) is 41.4 Å². The summed E-state index contributed by atoms with van der Waals surface area (Å²) < 4.78 is 6.12. The van der Waals surface area contributed by atoms with Gasteiger partial charge in [-0.25, -0.2) is 0 Å². The molecular formula is C34H34ClN3O2. The lowest BCUT2D eigenvalue weighted by Crippen LogP contribution is -2.42.